The van der Waals surface area contributed by atoms with E-state index in [0.29, 0.717) is 22.0 Å². The summed E-state index contributed by atoms with van der Waals surface area (Å²) < 4.78 is 5.72. The van der Waals surface area contributed by atoms with Crippen molar-refractivity contribution < 1.29 is 9.53 Å². The van der Waals surface area contributed by atoms with Crippen LogP contribution in [0, 0.1) is 18.3 Å². The molecule has 25 heavy (non-hydrogen) atoms. The lowest BCUT2D eigenvalue weighted by molar-refractivity contribution is 0.102. The summed E-state index contributed by atoms with van der Waals surface area (Å²) in [6.45, 7) is 2.07. The summed E-state index contributed by atoms with van der Waals surface area (Å²) in [6, 6.07) is 16.2. The van der Waals surface area contributed by atoms with Gasteiger partial charge in [-0.3, -0.25) is 10.1 Å². The van der Waals surface area contributed by atoms with Gasteiger partial charge in [0.05, 0.1) is 11.6 Å². The molecule has 0 fully saturated rings. The van der Waals surface area contributed by atoms with Crippen molar-refractivity contribution in [3.05, 3.63) is 70.2 Å². The molecule has 0 aliphatic carbocycles. The second-order valence-corrected chi connectivity index (χ2v) is 6.35. The molecule has 0 aliphatic heterocycles. The van der Waals surface area contributed by atoms with Gasteiger partial charge in [-0.15, -0.1) is 10.2 Å². The summed E-state index contributed by atoms with van der Waals surface area (Å²) in [5.41, 5.74) is 1.83. The number of benzene rings is 2. The average Bonchev–Trinajstić information content (AvgIpc) is 3.05. The smallest absolute Gasteiger partial charge is 0.257 e. The number of aryl methyl sites for hydroxylation is 1. The number of carbonyl (C=O) groups is 1. The highest BCUT2D eigenvalue weighted by atomic mass is 32.1. The van der Waals surface area contributed by atoms with E-state index >= 15 is 0 Å². The Balaban J connectivity index is 1.69. The van der Waals surface area contributed by atoms with E-state index in [0.717, 1.165) is 10.6 Å². The van der Waals surface area contributed by atoms with E-state index in [1.807, 2.05) is 25.1 Å². The zero-order chi connectivity index (χ0) is 17.6. The summed E-state index contributed by atoms with van der Waals surface area (Å²) in [5.74, 6) is 0.271. The van der Waals surface area contributed by atoms with Gasteiger partial charge in [-0.2, -0.15) is 5.26 Å². The molecule has 3 aromatic rings. The fourth-order valence-electron chi connectivity index (χ4n) is 2.16. The number of anilines is 1. The first-order valence-corrected chi connectivity index (χ1v) is 8.29. The molecule has 7 heteroatoms. The number of nitriles is 1. The SMILES string of the molecule is Cc1nnc(NC(=O)c2cccc(OCc3ccccc3C#N)c2)s1. The minimum atomic E-state index is -0.279. The molecule has 0 spiro atoms. The Hall–Kier alpha value is -3.24. The number of amides is 1. The Morgan fingerprint density at radius 3 is 2.84 bits per heavy atom. The van der Waals surface area contributed by atoms with Crippen LogP contribution in [0.2, 0.25) is 0 Å². The number of hydrogen-bond acceptors (Lipinski definition) is 6. The minimum Gasteiger partial charge on any atom is -0.489 e. The van der Waals surface area contributed by atoms with E-state index in [2.05, 4.69) is 21.6 Å². The normalized spacial score (nSPS) is 10.1. The Labute approximate surface area is 148 Å². The Bertz CT molecular complexity index is 946. The van der Waals surface area contributed by atoms with Crippen LogP contribution in [0.25, 0.3) is 0 Å². The molecule has 2 aromatic carbocycles. The van der Waals surface area contributed by atoms with Gasteiger partial charge in [-0.05, 0) is 31.2 Å². The number of rotatable bonds is 5. The second-order valence-electron chi connectivity index (χ2n) is 5.17. The molecule has 1 heterocycles. The molecule has 0 saturated carbocycles. The Kier molecular flexibility index (Phi) is 5.02. The van der Waals surface area contributed by atoms with Crippen LogP contribution in [-0.2, 0) is 6.61 Å². The quantitative estimate of drug-likeness (QED) is 0.760. The number of nitrogens with one attached hydrogen (secondary N) is 1. The fourth-order valence-corrected chi connectivity index (χ4v) is 2.75. The predicted octanol–water partition coefficient (Wildman–Crippen LogP) is 3.55. The molecule has 0 saturated heterocycles. The van der Waals surface area contributed by atoms with Gasteiger partial charge in [0.1, 0.15) is 17.4 Å². The van der Waals surface area contributed by atoms with Crippen molar-refractivity contribution in [3.63, 3.8) is 0 Å². The van der Waals surface area contributed by atoms with E-state index in [9.17, 15) is 4.79 Å². The van der Waals surface area contributed by atoms with Crippen molar-refractivity contribution in [2.45, 2.75) is 13.5 Å². The number of aromatic nitrogens is 2. The molecule has 124 valence electrons. The van der Waals surface area contributed by atoms with Crippen molar-refractivity contribution in [1.29, 1.82) is 5.26 Å². The van der Waals surface area contributed by atoms with Crippen LogP contribution in [0.4, 0.5) is 5.13 Å². The first kappa shape index (κ1) is 16.6. The van der Waals surface area contributed by atoms with Crippen molar-refractivity contribution in [2.24, 2.45) is 0 Å². The van der Waals surface area contributed by atoms with Gasteiger partial charge >= 0.3 is 0 Å². The minimum absolute atomic E-state index is 0.254. The van der Waals surface area contributed by atoms with Crippen LogP contribution < -0.4 is 10.1 Å². The van der Waals surface area contributed by atoms with Crippen LogP contribution in [0.5, 0.6) is 5.75 Å². The highest BCUT2D eigenvalue weighted by molar-refractivity contribution is 7.15. The highest BCUT2D eigenvalue weighted by Crippen LogP contribution is 2.19. The van der Waals surface area contributed by atoms with E-state index in [1.165, 1.54) is 11.3 Å². The highest BCUT2D eigenvalue weighted by Gasteiger charge is 2.10. The van der Waals surface area contributed by atoms with Gasteiger partial charge in [0.15, 0.2) is 0 Å². The summed E-state index contributed by atoms with van der Waals surface area (Å²) in [6.07, 6.45) is 0. The van der Waals surface area contributed by atoms with Crippen LogP contribution >= 0.6 is 11.3 Å². The topological polar surface area (TPSA) is 87.9 Å². The number of hydrogen-bond donors (Lipinski definition) is 1. The van der Waals surface area contributed by atoms with E-state index < -0.39 is 0 Å². The number of nitrogens with zero attached hydrogens (tertiary/aromatic N) is 3. The van der Waals surface area contributed by atoms with Gasteiger partial charge in [-0.1, -0.05) is 35.6 Å². The third-order valence-corrected chi connectivity index (χ3v) is 4.13. The monoisotopic (exact) mass is 350 g/mol. The third kappa shape index (κ3) is 4.19. The van der Waals surface area contributed by atoms with Crippen molar-refractivity contribution in [3.8, 4) is 11.8 Å². The molecule has 1 amide bonds. The summed E-state index contributed by atoms with van der Waals surface area (Å²) in [4.78, 5) is 12.3. The van der Waals surface area contributed by atoms with Crippen molar-refractivity contribution >= 4 is 22.4 Å². The van der Waals surface area contributed by atoms with Crippen LogP contribution in [0.1, 0.15) is 26.5 Å². The molecule has 1 aromatic heterocycles. The maximum Gasteiger partial charge on any atom is 0.257 e. The molecule has 1 N–H and O–H groups in total. The lowest BCUT2D eigenvalue weighted by Gasteiger charge is -2.09. The van der Waals surface area contributed by atoms with E-state index in [4.69, 9.17) is 10.00 Å². The van der Waals surface area contributed by atoms with Gasteiger partial charge in [0.2, 0.25) is 5.13 Å². The zero-order valence-corrected chi connectivity index (χ0v) is 14.2. The van der Waals surface area contributed by atoms with Crippen molar-refractivity contribution in [1.82, 2.24) is 10.2 Å². The average molecular weight is 350 g/mol. The molecule has 3 rings (SSSR count). The van der Waals surface area contributed by atoms with Crippen LogP contribution in [0.3, 0.4) is 0 Å². The third-order valence-electron chi connectivity index (χ3n) is 3.37. The molecule has 0 unspecified atom stereocenters. The van der Waals surface area contributed by atoms with Gasteiger partial charge in [-0.25, -0.2) is 0 Å². The van der Waals surface area contributed by atoms with Gasteiger partial charge in [0.25, 0.3) is 5.91 Å². The van der Waals surface area contributed by atoms with Crippen LogP contribution in [-0.4, -0.2) is 16.1 Å². The van der Waals surface area contributed by atoms with Crippen molar-refractivity contribution in [2.75, 3.05) is 5.32 Å². The molecule has 6 nitrogen and oxygen atoms in total. The maximum atomic E-state index is 12.3. The first-order chi connectivity index (χ1) is 12.2. The number of carbonyl (C=O) groups excluding carboxylic acids is 1. The first-order valence-electron chi connectivity index (χ1n) is 7.48. The van der Waals surface area contributed by atoms with E-state index in [1.54, 1.807) is 30.3 Å². The van der Waals surface area contributed by atoms with E-state index in [-0.39, 0.29) is 12.5 Å². The second kappa shape index (κ2) is 7.55. The molecular weight excluding hydrogens is 336 g/mol. The molecule has 0 atom stereocenters. The lowest BCUT2D eigenvalue weighted by Crippen LogP contribution is -2.11. The summed E-state index contributed by atoms with van der Waals surface area (Å²) >= 11 is 1.31. The standard InChI is InChI=1S/C18H14N4O2S/c1-12-21-22-18(25-12)20-17(23)13-7-4-8-16(9-13)24-11-15-6-3-2-5-14(15)10-19/h2-9H,11H2,1H3,(H,20,22,23). The molecule has 0 radical (unpaired) electrons. The summed E-state index contributed by atoms with van der Waals surface area (Å²) in [7, 11) is 0. The van der Waals surface area contributed by atoms with Gasteiger partial charge in [0, 0.05) is 11.1 Å². The van der Waals surface area contributed by atoms with Crippen LogP contribution in [0.15, 0.2) is 48.5 Å². The summed E-state index contributed by atoms with van der Waals surface area (Å²) in [5, 5.41) is 20.8. The number of ether oxygens (including phenoxy) is 1. The lowest BCUT2D eigenvalue weighted by atomic mass is 10.1. The molecular formula is C18H14N4O2S. The van der Waals surface area contributed by atoms with Gasteiger partial charge < -0.3 is 4.74 Å². The Morgan fingerprint density at radius 2 is 2.08 bits per heavy atom. The Morgan fingerprint density at radius 1 is 1.24 bits per heavy atom. The fraction of sp³-hybridized carbons (Fsp3) is 0.111. The molecule has 0 bridgehead atoms. The molecule has 0 aliphatic rings. The predicted molar refractivity (Wildman–Crippen MR) is 94.5 cm³/mol. The zero-order valence-electron chi connectivity index (χ0n) is 13.4. The largest absolute Gasteiger partial charge is 0.489 e. The maximum absolute atomic E-state index is 12.3.